The third kappa shape index (κ3) is 3.03. The Morgan fingerprint density at radius 1 is 1.47 bits per heavy atom. The molecule has 0 bridgehead atoms. The van der Waals surface area contributed by atoms with E-state index in [0.717, 1.165) is 12.2 Å². The summed E-state index contributed by atoms with van der Waals surface area (Å²) < 4.78 is 4.90. The van der Waals surface area contributed by atoms with Gasteiger partial charge in [0.05, 0.1) is 0 Å². The van der Waals surface area contributed by atoms with E-state index in [2.05, 4.69) is 5.32 Å². The van der Waals surface area contributed by atoms with Crippen molar-refractivity contribution < 1.29 is 19.1 Å². The van der Waals surface area contributed by atoms with Gasteiger partial charge in [-0.2, -0.15) is 11.8 Å². The molecule has 5 nitrogen and oxygen atoms in total. The predicted molar refractivity (Wildman–Crippen MR) is 63.5 cm³/mol. The average molecular weight is 255 g/mol. The van der Waals surface area contributed by atoms with Crippen LogP contribution in [0.25, 0.3) is 0 Å². The topological polar surface area (TPSA) is 79.5 Å². The van der Waals surface area contributed by atoms with Gasteiger partial charge in [-0.1, -0.05) is 0 Å². The van der Waals surface area contributed by atoms with Crippen LogP contribution in [0.4, 0.5) is 0 Å². The van der Waals surface area contributed by atoms with Crippen molar-refractivity contribution in [2.75, 3.05) is 12.3 Å². The molecular formula is C11H13NO4S. The first-order chi connectivity index (χ1) is 8.16. The second kappa shape index (κ2) is 5.27. The average Bonchev–Trinajstić information content (AvgIpc) is 2.96. The lowest BCUT2D eigenvalue weighted by molar-refractivity contribution is 0.0659. The molecule has 0 radical (unpaired) electrons. The molecule has 1 aromatic rings. The van der Waals surface area contributed by atoms with Gasteiger partial charge in [-0.05, 0) is 30.7 Å². The summed E-state index contributed by atoms with van der Waals surface area (Å²) in [6.45, 7) is 0.604. The molecule has 6 heteroatoms. The number of hydrogen-bond acceptors (Lipinski definition) is 4. The number of amides is 1. The largest absolute Gasteiger partial charge is 0.475 e. The van der Waals surface area contributed by atoms with E-state index in [1.54, 1.807) is 0 Å². The standard InChI is InChI=1S/C11H13NO4S/c13-10(12-6-7-2-1-5-17-7)8-3-4-9(16-8)11(14)15/h3-4,7H,1-2,5-6H2,(H,12,13)(H,14,15)/t7-/m1/s1. The number of carboxylic acids is 1. The first-order valence-corrected chi connectivity index (χ1v) is 6.44. The Bertz CT molecular complexity index is 423. The molecule has 0 aromatic carbocycles. The summed E-state index contributed by atoms with van der Waals surface area (Å²) in [5.41, 5.74) is 0. The van der Waals surface area contributed by atoms with Crippen LogP contribution >= 0.6 is 11.8 Å². The number of thioether (sulfide) groups is 1. The van der Waals surface area contributed by atoms with E-state index < -0.39 is 5.97 Å². The summed E-state index contributed by atoms with van der Waals surface area (Å²) in [6.07, 6.45) is 2.30. The van der Waals surface area contributed by atoms with E-state index in [1.165, 1.54) is 18.6 Å². The second-order valence-corrected chi connectivity index (χ2v) is 5.22. The monoisotopic (exact) mass is 255 g/mol. The summed E-state index contributed by atoms with van der Waals surface area (Å²) >= 11 is 1.85. The van der Waals surface area contributed by atoms with E-state index in [0.29, 0.717) is 11.8 Å². The second-order valence-electron chi connectivity index (χ2n) is 3.81. The summed E-state index contributed by atoms with van der Waals surface area (Å²) in [5, 5.41) is 11.9. The fourth-order valence-electron chi connectivity index (χ4n) is 1.67. The number of aromatic carboxylic acids is 1. The Hall–Kier alpha value is -1.43. The molecule has 1 aliphatic rings. The zero-order valence-electron chi connectivity index (χ0n) is 9.14. The minimum Gasteiger partial charge on any atom is -0.475 e. The molecule has 92 valence electrons. The number of carbonyl (C=O) groups is 2. The summed E-state index contributed by atoms with van der Waals surface area (Å²) in [5.74, 6) is -0.555. The van der Waals surface area contributed by atoms with Crippen molar-refractivity contribution in [3.8, 4) is 0 Å². The van der Waals surface area contributed by atoms with E-state index in [1.807, 2.05) is 11.8 Å². The predicted octanol–water partition coefficient (Wildman–Crippen LogP) is 1.60. The first kappa shape index (κ1) is 12.0. The van der Waals surface area contributed by atoms with Gasteiger partial charge in [0.15, 0.2) is 5.76 Å². The molecule has 1 atom stereocenters. The Morgan fingerprint density at radius 3 is 2.82 bits per heavy atom. The van der Waals surface area contributed by atoms with Gasteiger partial charge < -0.3 is 14.8 Å². The minimum atomic E-state index is -1.17. The molecule has 2 rings (SSSR count). The molecule has 1 fully saturated rings. The highest BCUT2D eigenvalue weighted by atomic mass is 32.2. The summed E-state index contributed by atoms with van der Waals surface area (Å²) in [4.78, 5) is 22.2. The molecule has 17 heavy (non-hydrogen) atoms. The van der Waals surface area contributed by atoms with E-state index >= 15 is 0 Å². The van der Waals surface area contributed by atoms with Crippen LogP contribution in [-0.2, 0) is 0 Å². The van der Waals surface area contributed by atoms with Crippen LogP contribution in [0.2, 0.25) is 0 Å². The quantitative estimate of drug-likeness (QED) is 0.854. The van der Waals surface area contributed by atoms with Gasteiger partial charge in [0.25, 0.3) is 5.91 Å². The smallest absolute Gasteiger partial charge is 0.371 e. The maximum atomic E-state index is 11.6. The number of nitrogens with one attached hydrogen (secondary N) is 1. The molecule has 0 saturated carbocycles. The van der Waals surface area contributed by atoms with E-state index in [4.69, 9.17) is 9.52 Å². The molecular weight excluding hydrogens is 242 g/mol. The van der Waals surface area contributed by atoms with Crippen molar-refractivity contribution in [2.45, 2.75) is 18.1 Å². The molecule has 2 heterocycles. The Kier molecular flexibility index (Phi) is 3.73. The van der Waals surface area contributed by atoms with Gasteiger partial charge in [0, 0.05) is 11.8 Å². The maximum Gasteiger partial charge on any atom is 0.371 e. The van der Waals surface area contributed by atoms with Gasteiger partial charge in [0.2, 0.25) is 5.76 Å². The Labute approximate surface area is 103 Å². The van der Waals surface area contributed by atoms with Crippen LogP contribution < -0.4 is 5.32 Å². The minimum absolute atomic E-state index is 0.0467. The molecule has 1 aliphatic heterocycles. The molecule has 1 aromatic heterocycles. The Balaban J connectivity index is 1.87. The molecule has 2 N–H and O–H groups in total. The lowest BCUT2D eigenvalue weighted by Crippen LogP contribution is -2.29. The molecule has 0 aliphatic carbocycles. The van der Waals surface area contributed by atoms with Crippen LogP contribution in [0, 0.1) is 0 Å². The fourth-order valence-corrected chi connectivity index (χ4v) is 2.88. The van der Waals surface area contributed by atoms with Crippen LogP contribution in [0.3, 0.4) is 0 Å². The number of carbonyl (C=O) groups excluding carboxylic acids is 1. The lowest BCUT2D eigenvalue weighted by atomic mass is 10.2. The molecule has 0 unspecified atom stereocenters. The van der Waals surface area contributed by atoms with Crippen molar-refractivity contribution in [3.63, 3.8) is 0 Å². The van der Waals surface area contributed by atoms with E-state index in [9.17, 15) is 9.59 Å². The van der Waals surface area contributed by atoms with Gasteiger partial charge in [-0.25, -0.2) is 4.79 Å². The van der Waals surface area contributed by atoms with Gasteiger partial charge in [-0.15, -0.1) is 0 Å². The van der Waals surface area contributed by atoms with Crippen molar-refractivity contribution in [1.82, 2.24) is 5.32 Å². The van der Waals surface area contributed by atoms with Crippen molar-refractivity contribution in [1.29, 1.82) is 0 Å². The number of carboxylic acid groups (broad SMARTS) is 1. The number of rotatable bonds is 4. The fraction of sp³-hybridized carbons (Fsp3) is 0.455. The third-order valence-electron chi connectivity index (χ3n) is 2.55. The van der Waals surface area contributed by atoms with Crippen molar-refractivity contribution in [2.24, 2.45) is 0 Å². The summed E-state index contributed by atoms with van der Waals surface area (Å²) in [7, 11) is 0. The van der Waals surface area contributed by atoms with Crippen LogP contribution in [-0.4, -0.2) is 34.5 Å². The normalized spacial score (nSPS) is 19.2. The van der Waals surface area contributed by atoms with Crippen molar-refractivity contribution >= 4 is 23.6 Å². The highest BCUT2D eigenvalue weighted by Crippen LogP contribution is 2.25. The van der Waals surface area contributed by atoms with Gasteiger partial charge in [0.1, 0.15) is 0 Å². The van der Waals surface area contributed by atoms with Crippen LogP contribution in [0.15, 0.2) is 16.5 Å². The molecule has 0 spiro atoms. The number of furan rings is 1. The zero-order chi connectivity index (χ0) is 12.3. The van der Waals surface area contributed by atoms with Crippen molar-refractivity contribution in [3.05, 3.63) is 23.7 Å². The highest BCUT2D eigenvalue weighted by molar-refractivity contribution is 8.00. The zero-order valence-corrected chi connectivity index (χ0v) is 9.96. The molecule has 1 amide bonds. The SMILES string of the molecule is O=C(O)c1ccc(C(=O)NC[C@H]2CCCS2)o1. The summed E-state index contributed by atoms with van der Waals surface area (Å²) in [6, 6.07) is 2.65. The van der Waals surface area contributed by atoms with Crippen LogP contribution in [0.1, 0.15) is 34.0 Å². The van der Waals surface area contributed by atoms with Gasteiger partial charge in [-0.3, -0.25) is 4.79 Å². The van der Waals surface area contributed by atoms with E-state index in [-0.39, 0.29) is 17.4 Å². The van der Waals surface area contributed by atoms with Gasteiger partial charge >= 0.3 is 5.97 Å². The first-order valence-electron chi connectivity index (χ1n) is 5.40. The molecule has 1 saturated heterocycles. The maximum absolute atomic E-state index is 11.6. The highest BCUT2D eigenvalue weighted by Gasteiger charge is 2.18. The lowest BCUT2D eigenvalue weighted by Gasteiger charge is -2.08. The Morgan fingerprint density at radius 2 is 2.24 bits per heavy atom. The van der Waals surface area contributed by atoms with Crippen LogP contribution in [0.5, 0.6) is 0 Å². The third-order valence-corrected chi connectivity index (χ3v) is 3.95. The number of hydrogen-bond donors (Lipinski definition) is 2.